The summed E-state index contributed by atoms with van der Waals surface area (Å²) in [5.41, 5.74) is 4.55. The number of nitrogens with zero attached hydrogens (tertiary/aromatic N) is 1. The van der Waals surface area contributed by atoms with Gasteiger partial charge in [0, 0.05) is 13.1 Å². The molecule has 1 aromatic rings. The fraction of sp³-hybridized carbons (Fsp3) is 0.538. The van der Waals surface area contributed by atoms with Gasteiger partial charge in [-0.15, -0.1) is 0 Å². The van der Waals surface area contributed by atoms with E-state index in [4.69, 9.17) is 0 Å². The highest BCUT2D eigenvalue weighted by Crippen LogP contribution is 2.26. The van der Waals surface area contributed by atoms with E-state index in [-0.39, 0.29) is 0 Å². The molecule has 1 atom stereocenters. The molecular weight excluding hydrogens is 170 g/mol. The van der Waals surface area contributed by atoms with Crippen molar-refractivity contribution in [3.63, 3.8) is 0 Å². The maximum atomic E-state index is 2.40. The first-order valence-electron chi connectivity index (χ1n) is 5.51. The lowest BCUT2D eigenvalue weighted by molar-refractivity contribution is 0.353. The first kappa shape index (κ1) is 9.72. The fourth-order valence-electron chi connectivity index (χ4n) is 2.13. The second-order valence-corrected chi connectivity index (χ2v) is 4.51. The minimum atomic E-state index is 0.700. The molecule has 1 heteroatoms. The van der Waals surface area contributed by atoms with Gasteiger partial charge in [0.25, 0.3) is 0 Å². The van der Waals surface area contributed by atoms with Crippen molar-refractivity contribution in [2.24, 2.45) is 0 Å². The molecule has 76 valence electrons. The largest absolute Gasteiger partial charge is 0.298 e. The van der Waals surface area contributed by atoms with Crippen LogP contribution in [0.3, 0.4) is 0 Å². The SMILES string of the molecule is CCC(C)c1ccc2c(c1)CN(C)C2. The number of fused-ring (bicyclic) bond motifs is 1. The van der Waals surface area contributed by atoms with Crippen LogP contribution in [0.2, 0.25) is 0 Å². The van der Waals surface area contributed by atoms with Crippen LogP contribution in [0.15, 0.2) is 18.2 Å². The predicted molar refractivity (Wildman–Crippen MR) is 60.3 cm³/mol. The number of hydrogen-bond donors (Lipinski definition) is 0. The summed E-state index contributed by atoms with van der Waals surface area (Å²) in [5, 5.41) is 0. The Balaban J connectivity index is 2.28. The van der Waals surface area contributed by atoms with Crippen molar-refractivity contribution in [2.45, 2.75) is 39.3 Å². The average Bonchev–Trinajstić information content (AvgIpc) is 2.55. The molecule has 1 nitrogen and oxygen atoms in total. The Morgan fingerprint density at radius 2 is 2.00 bits per heavy atom. The van der Waals surface area contributed by atoms with Gasteiger partial charge in [0.15, 0.2) is 0 Å². The summed E-state index contributed by atoms with van der Waals surface area (Å²) < 4.78 is 0. The van der Waals surface area contributed by atoms with Gasteiger partial charge in [-0.1, -0.05) is 32.0 Å². The zero-order valence-corrected chi connectivity index (χ0v) is 9.38. The Kier molecular flexibility index (Phi) is 2.60. The van der Waals surface area contributed by atoms with Crippen molar-refractivity contribution in [1.82, 2.24) is 4.90 Å². The van der Waals surface area contributed by atoms with Crippen molar-refractivity contribution in [1.29, 1.82) is 0 Å². The van der Waals surface area contributed by atoms with Gasteiger partial charge in [0.05, 0.1) is 0 Å². The summed E-state index contributed by atoms with van der Waals surface area (Å²) in [6, 6.07) is 7.00. The van der Waals surface area contributed by atoms with Gasteiger partial charge in [-0.25, -0.2) is 0 Å². The molecule has 1 aliphatic heterocycles. The van der Waals surface area contributed by atoms with Crippen LogP contribution in [0, 0.1) is 0 Å². The lowest BCUT2D eigenvalue weighted by atomic mass is 9.95. The van der Waals surface area contributed by atoms with Crippen LogP contribution in [0.4, 0.5) is 0 Å². The van der Waals surface area contributed by atoms with Gasteiger partial charge in [0.2, 0.25) is 0 Å². The minimum Gasteiger partial charge on any atom is -0.298 e. The average molecular weight is 189 g/mol. The molecule has 0 spiro atoms. The molecule has 1 aliphatic rings. The van der Waals surface area contributed by atoms with Crippen LogP contribution >= 0.6 is 0 Å². The summed E-state index contributed by atoms with van der Waals surface area (Å²) in [4.78, 5) is 2.37. The van der Waals surface area contributed by atoms with Crippen molar-refractivity contribution < 1.29 is 0 Å². The normalized spacial score (nSPS) is 18.2. The van der Waals surface area contributed by atoms with Gasteiger partial charge < -0.3 is 0 Å². The van der Waals surface area contributed by atoms with Crippen molar-refractivity contribution in [3.05, 3.63) is 34.9 Å². The zero-order valence-electron chi connectivity index (χ0n) is 9.38. The third-order valence-corrected chi connectivity index (χ3v) is 3.29. The minimum absolute atomic E-state index is 0.700. The van der Waals surface area contributed by atoms with Crippen LogP contribution in [-0.4, -0.2) is 11.9 Å². The van der Waals surface area contributed by atoms with Crippen LogP contribution in [-0.2, 0) is 13.1 Å². The summed E-state index contributed by atoms with van der Waals surface area (Å²) in [5.74, 6) is 0.700. The highest BCUT2D eigenvalue weighted by molar-refractivity contribution is 5.35. The van der Waals surface area contributed by atoms with E-state index in [2.05, 4.69) is 44.0 Å². The Bertz CT molecular complexity index is 330. The van der Waals surface area contributed by atoms with Gasteiger partial charge in [-0.3, -0.25) is 4.90 Å². The monoisotopic (exact) mass is 189 g/mol. The molecule has 14 heavy (non-hydrogen) atoms. The van der Waals surface area contributed by atoms with E-state index in [0.29, 0.717) is 5.92 Å². The van der Waals surface area contributed by atoms with Crippen LogP contribution in [0.5, 0.6) is 0 Å². The van der Waals surface area contributed by atoms with E-state index >= 15 is 0 Å². The summed E-state index contributed by atoms with van der Waals surface area (Å²) in [7, 11) is 2.18. The number of hydrogen-bond acceptors (Lipinski definition) is 1. The fourth-order valence-corrected chi connectivity index (χ4v) is 2.13. The lowest BCUT2D eigenvalue weighted by Crippen LogP contribution is -2.07. The molecule has 1 aromatic carbocycles. The highest BCUT2D eigenvalue weighted by Gasteiger charge is 2.16. The molecule has 0 bridgehead atoms. The number of rotatable bonds is 2. The molecule has 0 aliphatic carbocycles. The van der Waals surface area contributed by atoms with E-state index < -0.39 is 0 Å². The smallest absolute Gasteiger partial charge is 0.0237 e. The number of benzene rings is 1. The summed E-state index contributed by atoms with van der Waals surface area (Å²) in [6.45, 7) is 6.81. The Labute approximate surface area is 86.7 Å². The Hall–Kier alpha value is -0.820. The van der Waals surface area contributed by atoms with E-state index in [1.54, 1.807) is 0 Å². The van der Waals surface area contributed by atoms with E-state index in [9.17, 15) is 0 Å². The van der Waals surface area contributed by atoms with Crippen molar-refractivity contribution in [2.75, 3.05) is 7.05 Å². The lowest BCUT2D eigenvalue weighted by Gasteiger charge is -2.10. The van der Waals surface area contributed by atoms with Crippen LogP contribution < -0.4 is 0 Å². The predicted octanol–water partition coefficient (Wildman–Crippen LogP) is 3.15. The quantitative estimate of drug-likeness (QED) is 0.691. The molecule has 1 heterocycles. The molecular formula is C13H19N. The summed E-state index contributed by atoms with van der Waals surface area (Å²) in [6.07, 6.45) is 1.23. The van der Waals surface area contributed by atoms with Gasteiger partial charge in [0.1, 0.15) is 0 Å². The van der Waals surface area contributed by atoms with Crippen molar-refractivity contribution >= 4 is 0 Å². The zero-order chi connectivity index (χ0) is 10.1. The van der Waals surface area contributed by atoms with Crippen molar-refractivity contribution in [3.8, 4) is 0 Å². The molecule has 2 rings (SSSR count). The Morgan fingerprint density at radius 1 is 1.29 bits per heavy atom. The molecule has 1 unspecified atom stereocenters. The second-order valence-electron chi connectivity index (χ2n) is 4.51. The topological polar surface area (TPSA) is 3.24 Å². The maximum absolute atomic E-state index is 2.40. The van der Waals surface area contributed by atoms with Gasteiger partial charge in [-0.2, -0.15) is 0 Å². The molecule has 0 aromatic heterocycles. The first-order chi connectivity index (χ1) is 6.70. The van der Waals surface area contributed by atoms with Crippen LogP contribution in [0.1, 0.15) is 42.9 Å². The molecule has 0 saturated carbocycles. The molecule has 0 fully saturated rings. The molecule has 0 amide bonds. The third-order valence-electron chi connectivity index (χ3n) is 3.29. The molecule has 0 saturated heterocycles. The van der Waals surface area contributed by atoms with E-state index in [1.165, 1.54) is 23.1 Å². The maximum Gasteiger partial charge on any atom is 0.0237 e. The third kappa shape index (κ3) is 1.69. The standard InChI is InChI=1S/C13H19N/c1-4-10(2)11-5-6-12-8-14(3)9-13(12)7-11/h5-7,10H,4,8-9H2,1-3H3. The Morgan fingerprint density at radius 3 is 2.71 bits per heavy atom. The van der Waals surface area contributed by atoms with Gasteiger partial charge >= 0.3 is 0 Å². The van der Waals surface area contributed by atoms with Gasteiger partial charge in [-0.05, 0) is 36.1 Å². The molecule has 0 N–H and O–H groups in total. The van der Waals surface area contributed by atoms with E-state index in [0.717, 1.165) is 13.1 Å². The van der Waals surface area contributed by atoms with Crippen LogP contribution in [0.25, 0.3) is 0 Å². The second kappa shape index (κ2) is 3.74. The molecule has 0 radical (unpaired) electrons. The van der Waals surface area contributed by atoms with E-state index in [1.807, 2.05) is 0 Å². The summed E-state index contributed by atoms with van der Waals surface area (Å²) >= 11 is 0. The highest BCUT2D eigenvalue weighted by atomic mass is 15.1. The first-order valence-corrected chi connectivity index (χ1v) is 5.51.